The molecule has 0 unspecified atom stereocenters. The number of hydrogen-bond donors (Lipinski definition) is 5. The van der Waals surface area contributed by atoms with Gasteiger partial charge >= 0.3 is 6.03 Å². The molecule has 3 fully saturated rings. The molecule has 200 valence electrons. The van der Waals surface area contributed by atoms with Gasteiger partial charge in [-0.1, -0.05) is 19.9 Å². The van der Waals surface area contributed by atoms with E-state index in [4.69, 9.17) is 17.2 Å². The molecule has 0 atom stereocenters. The first-order valence-electron chi connectivity index (χ1n) is 13.3. The van der Waals surface area contributed by atoms with Crippen molar-refractivity contribution in [3.63, 3.8) is 0 Å². The van der Waals surface area contributed by atoms with Crippen LogP contribution in [0.2, 0.25) is 0 Å². The topological polar surface area (TPSA) is 132 Å². The Morgan fingerprint density at radius 2 is 1.38 bits per heavy atom. The Labute approximate surface area is 208 Å². The highest BCUT2D eigenvalue weighted by molar-refractivity contribution is 5.72. The SMILES string of the molecule is C1CCNCC1.C=C(N)NCCN1CCN(C(N)=O)CC1.CCCN1CCN(CCCN)CC1. The number of carbonyl (C=O) groups is 1. The van der Waals surface area contributed by atoms with E-state index in [0.29, 0.717) is 18.9 Å². The summed E-state index contributed by atoms with van der Waals surface area (Å²) in [6.07, 6.45) is 6.64. The fraction of sp³-hybridized carbons (Fsp3) is 0.875. The zero-order valence-electron chi connectivity index (χ0n) is 21.8. The number of urea groups is 1. The average Bonchev–Trinajstić information content (AvgIpc) is 2.86. The number of piperazine rings is 2. The van der Waals surface area contributed by atoms with Gasteiger partial charge in [0.05, 0.1) is 5.82 Å². The first-order valence-corrected chi connectivity index (χ1v) is 13.3. The van der Waals surface area contributed by atoms with Gasteiger partial charge in [-0.2, -0.15) is 0 Å². The van der Waals surface area contributed by atoms with Gasteiger partial charge in [-0.15, -0.1) is 0 Å². The molecule has 3 aliphatic rings. The van der Waals surface area contributed by atoms with E-state index in [1.54, 1.807) is 4.90 Å². The summed E-state index contributed by atoms with van der Waals surface area (Å²) >= 11 is 0. The van der Waals surface area contributed by atoms with Gasteiger partial charge in [0, 0.05) is 65.4 Å². The lowest BCUT2D eigenvalue weighted by atomic mass is 10.2. The number of piperidine rings is 1. The first kappa shape index (κ1) is 30.4. The molecule has 3 saturated heterocycles. The third-order valence-electron chi connectivity index (χ3n) is 6.35. The highest BCUT2D eigenvalue weighted by Crippen LogP contribution is 2.02. The smallest absolute Gasteiger partial charge is 0.314 e. The van der Waals surface area contributed by atoms with Gasteiger partial charge in [0.15, 0.2) is 0 Å². The molecule has 0 aromatic rings. The van der Waals surface area contributed by atoms with Crippen LogP contribution in [0.25, 0.3) is 0 Å². The molecular weight excluding hydrogens is 430 g/mol. The minimum Gasteiger partial charge on any atom is -0.386 e. The molecule has 3 heterocycles. The van der Waals surface area contributed by atoms with Crippen molar-refractivity contribution >= 4 is 6.03 Å². The van der Waals surface area contributed by atoms with E-state index in [9.17, 15) is 4.79 Å². The molecule has 3 aliphatic heterocycles. The van der Waals surface area contributed by atoms with Crippen LogP contribution >= 0.6 is 0 Å². The van der Waals surface area contributed by atoms with Gasteiger partial charge in [-0.05, 0) is 58.4 Å². The van der Waals surface area contributed by atoms with Crippen LogP contribution in [0.15, 0.2) is 12.4 Å². The minimum atomic E-state index is -0.330. The Hall–Kier alpha value is -1.59. The Morgan fingerprint density at radius 1 is 0.853 bits per heavy atom. The molecule has 10 nitrogen and oxygen atoms in total. The van der Waals surface area contributed by atoms with Crippen LogP contribution < -0.4 is 27.8 Å². The van der Waals surface area contributed by atoms with E-state index >= 15 is 0 Å². The second-order valence-electron chi connectivity index (χ2n) is 9.26. The highest BCUT2D eigenvalue weighted by Gasteiger charge is 2.18. The van der Waals surface area contributed by atoms with Crippen molar-refractivity contribution < 1.29 is 4.79 Å². The maximum absolute atomic E-state index is 10.9. The van der Waals surface area contributed by atoms with Gasteiger partial charge in [-0.3, -0.25) is 4.90 Å². The lowest BCUT2D eigenvalue weighted by molar-refractivity contribution is 0.132. The van der Waals surface area contributed by atoms with Crippen molar-refractivity contribution in [1.82, 2.24) is 30.2 Å². The molecular formula is C24H53N9O. The molecule has 0 spiro atoms. The molecule has 0 saturated carbocycles. The van der Waals surface area contributed by atoms with Gasteiger partial charge in [0.2, 0.25) is 0 Å². The second-order valence-corrected chi connectivity index (χ2v) is 9.26. The van der Waals surface area contributed by atoms with Crippen molar-refractivity contribution in [1.29, 1.82) is 0 Å². The summed E-state index contributed by atoms with van der Waals surface area (Å²) in [7, 11) is 0. The maximum atomic E-state index is 10.9. The van der Waals surface area contributed by atoms with Crippen LogP contribution in [0.5, 0.6) is 0 Å². The summed E-state index contributed by atoms with van der Waals surface area (Å²) in [4.78, 5) is 19.9. The van der Waals surface area contributed by atoms with Crippen LogP contribution in [0.3, 0.4) is 0 Å². The van der Waals surface area contributed by atoms with Crippen molar-refractivity contribution in [2.45, 2.75) is 39.0 Å². The zero-order chi connectivity index (χ0) is 25.0. The zero-order valence-corrected chi connectivity index (χ0v) is 21.8. The Balaban J connectivity index is 0.000000276. The lowest BCUT2D eigenvalue weighted by Crippen LogP contribution is -2.51. The number of rotatable bonds is 9. The number of nitrogens with zero attached hydrogens (tertiary/aromatic N) is 4. The molecule has 0 aromatic carbocycles. The standard InChI is InChI=1S/C10H23N3.C9H19N5O.C5H11N/c1-2-5-12-7-9-13(10-8-12)6-3-4-11;1-8(10)12-2-3-13-4-6-14(7-5-13)9(11)15;1-2-4-6-5-3-1/h2-11H2,1H3;12H,1-7,10H2,(H2,11,15);6H,1-5H2. The lowest BCUT2D eigenvalue weighted by Gasteiger charge is -2.34. The monoisotopic (exact) mass is 483 g/mol. The second kappa shape index (κ2) is 19.7. The van der Waals surface area contributed by atoms with Gasteiger partial charge in [0.25, 0.3) is 0 Å². The van der Waals surface area contributed by atoms with E-state index in [1.807, 2.05) is 0 Å². The predicted molar refractivity (Wildman–Crippen MR) is 142 cm³/mol. The summed E-state index contributed by atoms with van der Waals surface area (Å²) in [5.74, 6) is 0.491. The number of carbonyl (C=O) groups excluding carboxylic acids is 1. The molecule has 0 bridgehead atoms. The molecule has 0 aliphatic carbocycles. The fourth-order valence-electron chi connectivity index (χ4n) is 4.24. The third-order valence-corrected chi connectivity index (χ3v) is 6.35. The Morgan fingerprint density at radius 3 is 1.79 bits per heavy atom. The van der Waals surface area contributed by atoms with Crippen molar-refractivity contribution in [2.75, 3.05) is 98.2 Å². The quantitative estimate of drug-likeness (QED) is 0.305. The van der Waals surface area contributed by atoms with E-state index < -0.39 is 0 Å². The molecule has 34 heavy (non-hydrogen) atoms. The molecule has 3 rings (SSSR count). The number of hydrogen-bond acceptors (Lipinski definition) is 8. The van der Waals surface area contributed by atoms with E-state index in [2.05, 4.69) is 38.8 Å². The van der Waals surface area contributed by atoms with E-state index in [-0.39, 0.29) is 6.03 Å². The summed E-state index contributed by atoms with van der Waals surface area (Å²) < 4.78 is 0. The number of nitrogens with two attached hydrogens (primary N) is 3. The summed E-state index contributed by atoms with van der Waals surface area (Å²) in [6.45, 7) is 21.4. The Bertz CT molecular complexity index is 500. The van der Waals surface area contributed by atoms with E-state index in [0.717, 1.165) is 39.1 Å². The summed E-state index contributed by atoms with van der Waals surface area (Å²) in [5.41, 5.74) is 16.0. The van der Waals surface area contributed by atoms with Crippen LogP contribution in [0.1, 0.15) is 39.0 Å². The Kier molecular flexibility index (Phi) is 17.6. The van der Waals surface area contributed by atoms with Gasteiger partial charge in [-0.25, -0.2) is 4.79 Å². The van der Waals surface area contributed by atoms with Crippen molar-refractivity contribution in [2.24, 2.45) is 17.2 Å². The first-order chi connectivity index (χ1) is 16.5. The molecule has 0 aromatic heterocycles. The van der Waals surface area contributed by atoms with E-state index in [1.165, 1.54) is 78.0 Å². The molecule has 8 N–H and O–H groups in total. The van der Waals surface area contributed by atoms with Crippen LogP contribution in [0.4, 0.5) is 4.79 Å². The normalized spacial score (nSPS) is 19.9. The summed E-state index contributed by atoms with van der Waals surface area (Å²) in [5, 5.41) is 6.25. The largest absolute Gasteiger partial charge is 0.386 e. The maximum Gasteiger partial charge on any atom is 0.314 e. The minimum absolute atomic E-state index is 0.330. The van der Waals surface area contributed by atoms with Crippen LogP contribution in [-0.2, 0) is 0 Å². The number of nitrogens with one attached hydrogen (secondary N) is 2. The van der Waals surface area contributed by atoms with Crippen LogP contribution in [0, 0.1) is 0 Å². The average molecular weight is 484 g/mol. The van der Waals surface area contributed by atoms with Gasteiger partial charge in [0.1, 0.15) is 0 Å². The van der Waals surface area contributed by atoms with Crippen LogP contribution in [-0.4, -0.2) is 124 Å². The number of amides is 2. The van der Waals surface area contributed by atoms with Crippen molar-refractivity contribution in [3.8, 4) is 0 Å². The number of primary amides is 1. The molecule has 10 heteroatoms. The summed E-state index contributed by atoms with van der Waals surface area (Å²) in [6, 6.07) is -0.330. The third kappa shape index (κ3) is 15.3. The highest BCUT2D eigenvalue weighted by atomic mass is 16.2. The predicted octanol–water partition coefficient (Wildman–Crippen LogP) is -0.175. The molecule has 2 amide bonds. The van der Waals surface area contributed by atoms with Crippen molar-refractivity contribution in [3.05, 3.63) is 12.4 Å². The van der Waals surface area contributed by atoms with Gasteiger partial charge < -0.3 is 42.5 Å². The molecule has 0 radical (unpaired) electrons. The fourth-order valence-corrected chi connectivity index (χ4v) is 4.24.